The van der Waals surface area contributed by atoms with Crippen molar-refractivity contribution in [1.82, 2.24) is 15.5 Å². The summed E-state index contributed by atoms with van der Waals surface area (Å²) < 4.78 is 5.30. The van der Waals surface area contributed by atoms with Crippen molar-refractivity contribution >= 4 is 41.4 Å². The molecule has 0 bridgehead atoms. The Morgan fingerprint density at radius 2 is 1.52 bits per heavy atom. The lowest BCUT2D eigenvalue weighted by molar-refractivity contribution is -0.125. The first kappa shape index (κ1) is 25.1. The summed E-state index contributed by atoms with van der Waals surface area (Å²) in [6.07, 6.45) is 0.313. The number of carbonyl (C=O) groups is 3. The van der Waals surface area contributed by atoms with Crippen molar-refractivity contribution < 1.29 is 19.1 Å². The molecule has 1 fully saturated rings. The highest BCUT2D eigenvalue weighted by Crippen LogP contribution is 2.14. The molecule has 0 aliphatic carbocycles. The summed E-state index contributed by atoms with van der Waals surface area (Å²) in [6, 6.07) is 17.5. The van der Waals surface area contributed by atoms with Gasteiger partial charge in [-0.2, -0.15) is 11.8 Å². The summed E-state index contributed by atoms with van der Waals surface area (Å²) in [5.74, 6) is 0.696. The van der Waals surface area contributed by atoms with Gasteiger partial charge in [0.05, 0.1) is 13.2 Å². The number of carbonyl (C=O) groups excluding carboxylic acids is 3. The van der Waals surface area contributed by atoms with Crippen LogP contribution < -0.4 is 10.6 Å². The molecule has 1 saturated heterocycles. The van der Waals surface area contributed by atoms with Crippen molar-refractivity contribution in [1.29, 1.82) is 0 Å². The second-order valence-electron chi connectivity index (χ2n) is 7.69. The van der Waals surface area contributed by atoms with E-state index in [1.807, 2.05) is 60.7 Å². The number of rotatable bonds is 10. The average Bonchev–Trinajstić information content (AvgIpc) is 2.84. The van der Waals surface area contributed by atoms with Gasteiger partial charge in [0.15, 0.2) is 0 Å². The molecule has 0 unspecified atom stereocenters. The van der Waals surface area contributed by atoms with Crippen LogP contribution in [0.15, 0.2) is 60.7 Å². The number of urea groups is 1. The van der Waals surface area contributed by atoms with Gasteiger partial charge in [-0.3, -0.25) is 9.59 Å². The van der Waals surface area contributed by atoms with Crippen LogP contribution in [0.3, 0.4) is 0 Å². The Labute approximate surface area is 204 Å². The van der Waals surface area contributed by atoms with Gasteiger partial charge in [-0.15, -0.1) is 12.6 Å². The third-order valence-electron chi connectivity index (χ3n) is 5.21. The molecule has 176 valence electrons. The van der Waals surface area contributed by atoms with E-state index in [1.165, 1.54) is 0 Å². The molecule has 9 heteroatoms. The fraction of sp³-hybridized carbons (Fsp3) is 0.375. The van der Waals surface area contributed by atoms with E-state index in [-0.39, 0.29) is 6.03 Å². The molecule has 1 aliphatic heterocycles. The monoisotopic (exact) mass is 487 g/mol. The normalized spacial score (nSPS) is 15.4. The maximum absolute atomic E-state index is 13.1. The van der Waals surface area contributed by atoms with E-state index >= 15 is 0 Å². The van der Waals surface area contributed by atoms with Crippen LogP contribution in [0.1, 0.15) is 11.1 Å². The van der Waals surface area contributed by atoms with Gasteiger partial charge in [-0.25, -0.2) is 4.79 Å². The molecule has 1 aliphatic rings. The number of thioether (sulfide) groups is 1. The van der Waals surface area contributed by atoms with Gasteiger partial charge in [0.2, 0.25) is 11.0 Å². The van der Waals surface area contributed by atoms with E-state index in [2.05, 4.69) is 23.3 Å². The number of nitrogens with zero attached hydrogens (tertiary/aromatic N) is 1. The Balaban J connectivity index is 1.63. The first-order valence-corrected chi connectivity index (χ1v) is 12.4. The number of hydrogen-bond donors (Lipinski definition) is 3. The molecule has 1 heterocycles. The number of hydrogen-bond acceptors (Lipinski definition) is 5. The fourth-order valence-corrected chi connectivity index (χ4v) is 4.68. The number of nitrogens with one attached hydrogen (secondary N) is 2. The number of ether oxygens (including phenoxy) is 1. The summed E-state index contributed by atoms with van der Waals surface area (Å²) in [5.41, 5.74) is 2.05. The second-order valence-corrected chi connectivity index (χ2v) is 9.16. The molecule has 2 aromatic carbocycles. The van der Waals surface area contributed by atoms with Crippen LogP contribution in [-0.2, 0) is 26.5 Å². The Hall–Kier alpha value is -2.49. The zero-order valence-electron chi connectivity index (χ0n) is 18.3. The second kappa shape index (κ2) is 13.3. The smallest absolute Gasteiger partial charge is 0.318 e. The number of amides is 3. The highest BCUT2D eigenvalue weighted by molar-refractivity contribution is 7.99. The average molecular weight is 488 g/mol. The lowest BCUT2D eigenvalue weighted by Crippen LogP contribution is -2.56. The topological polar surface area (TPSA) is 87.7 Å². The van der Waals surface area contributed by atoms with E-state index in [4.69, 9.17) is 4.74 Å². The molecular weight excluding hydrogens is 458 g/mol. The summed E-state index contributed by atoms with van der Waals surface area (Å²) in [4.78, 5) is 39.6. The Kier molecular flexibility index (Phi) is 10.1. The Morgan fingerprint density at radius 3 is 2.12 bits per heavy atom. The number of benzene rings is 2. The van der Waals surface area contributed by atoms with Gasteiger partial charge in [-0.05, 0) is 11.1 Å². The molecule has 7 nitrogen and oxygen atoms in total. The van der Waals surface area contributed by atoms with Crippen LogP contribution in [0.4, 0.5) is 4.79 Å². The minimum Gasteiger partial charge on any atom is -0.378 e. The zero-order valence-corrected chi connectivity index (χ0v) is 20.0. The van der Waals surface area contributed by atoms with E-state index in [0.717, 1.165) is 16.9 Å². The summed E-state index contributed by atoms with van der Waals surface area (Å²) in [7, 11) is 0. The van der Waals surface area contributed by atoms with Gasteiger partial charge in [-0.1, -0.05) is 60.7 Å². The number of morpholine rings is 1. The molecule has 0 spiro atoms. The summed E-state index contributed by atoms with van der Waals surface area (Å²) in [5, 5.41) is 5.21. The fourth-order valence-electron chi connectivity index (χ4n) is 3.38. The van der Waals surface area contributed by atoms with Crippen LogP contribution in [0.2, 0.25) is 0 Å². The Morgan fingerprint density at radius 1 is 0.909 bits per heavy atom. The van der Waals surface area contributed by atoms with Crippen LogP contribution in [0, 0.1) is 0 Å². The van der Waals surface area contributed by atoms with Crippen molar-refractivity contribution in [3.8, 4) is 0 Å². The first-order valence-electron chi connectivity index (χ1n) is 10.8. The molecule has 0 saturated carbocycles. The lowest BCUT2D eigenvalue weighted by atomic mass is 10.1. The summed E-state index contributed by atoms with van der Waals surface area (Å²) in [6.45, 7) is 1.88. The van der Waals surface area contributed by atoms with Gasteiger partial charge in [0.25, 0.3) is 0 Å². The van der Waals surface area contributed by atoms with E-state index in [9.17, 15) is 14.4 Å². The van der Waals surface area contributed by atoms with E-state index in [1.54, 1.807) is 16.7 Å². The SMILES string of the molecule is O=C(S)[C@H](CSCc1ccccc1)NC(=O)[C@H](Cc1ccccc1)NC(=O)N1CCOCC1. The molecule has 3 rings (SSSR count). The van der Waals surface area contributed by atoms with Crippen molar-refractivity contribution in [3.05, 3.63) is 71.8 Å². The van der Waals surface area contributed by atoms with Crippen LogP contribution in [0.25, 0.3) is 0 Å². The zero-order chi connectivity index (χ0) is 23.5. The van der Waals surface area contributed by atoms with Gasteiger partial charge in [0.1, 0.15) is 12.1 Å². The molecular formula is C24H29N3O4S2. The van der Waals surface area contributed by atoms with E-state index < -0.39 is 23.1 Å². The quantitative estimate of drug-likeness (QED) is 0.449. The highest BCUT2D eigenvalue weighted by atomic mass is 32.2. The van der Waals surface area contributed by atoms with E-state index in [0.29, 0.717) is 38.5 Å². The minimum absolute atomic E-state index is 0.313. The van der Waals surface area contributed by atoms with Crippen molar-refractivity contribution in [2.75, 3.05) is 32.1 Å². The van der Waals surface area contributed by atoms with Crippen molar-refractivity contribution in [2.45, 2.75) is 24.3 Å². The predicted molar refractivity (Wildman–Crippen MR) is 133 cm³/mol. The minimum atomic E-state index is -0.822. The van der Waals surface area contributed by atoms with Crippen LogP contribution in [-0.4, -0.2) is 66.1 Å². The third kappa shape index (κ3) is 8.42. The van der Waals surface area contributed by atoms with Crippen molar-refractivity contribution in [2.24, 2.45) is 0 Å². The van der Waals surface area contributed by atoms with Crippen LogP contribution in [0.5, 0.6) is 0 Å². The standard InChI is InChI=1S/C24H29N3O4S2/c28-22(25-21(23(29)32)17-33-16-19-9-5-2-6-10-19)20(15-18-7-3-1-4-8-18)26-24(30)27-11-13-31-14-12-27/h1-10,20-21H,11-17H2,(H,25,28)(H,26,30)(H,29,32)/t20-,21-/m0/s1. The third-order valence-corrected chi connectivity index (χ3v) is 6.62. The van der Waals surface area contributed by atoms with Crippen LogP contribution >= 0.6 is 24.4 Å². The van der Waals surface area contributed by atoms with Gasteiger partial charge >= 0.3 is 6.03 Å². The molecule has 2 atom stereocenters. The summed E-state index contributed by atoms with van der Waals surface area (Å²) >= 11 is 5.52. The molecule has 3 amide bonds. The molecule has 2 N–H and O–H groups in total. The lowest BCUT2D eigenvalue weighted by Gasteiger charge is -2.29. The maximum atomic E-state index is 13.1. The predicted octanol–water partition coefficient (Wildman–Crippen LogP) is 2.51. The van der Waals surface area contributed by atoms with Gasteiger partial charge < -0.3 is 20.3 Å². The first-order chi connectivity index (χ1) is 16.0. The highest BCUT2D eigenvalue weighted by Gasteiger charge is 2.28. The van der Waals surface area contributed by atoms with Crippen molar-refractivity contribution in [3.63, 3.8) is 0 Å². The van der Waals surface area contributed by atoms with Gasteiger partial charge in [0, 0.05) is 31.0 Å². The molecule has 0 aromatic heterocycles. The largest absolute Gasteiger partial charge is 0.378 e. The maximum Gasteiger partial charge on any atom is 0.318 e. The Bertz CT molecular complexity index is 908. The number of thiol groups is 1. The molecule has 2 aromatic rings. The molecule has 0 radical (unpaired) electrons. The molecule has 33 heavy (non-hydrogen) atoms.